The predicted octanol–water partition coefficient (Wildman–Crippen LogP) is 3.05. The summed E-state index contributed by atoms with van der Waals surface area (Å²) in [6.45, 7) is 6.18. The Labute approximate surface area is 125 Å². The average Bonchev–Trinajstić information content (AvgIpc) is 2.86. The molecule has 0 radical (unpaired) electrons. The van der Waals surface area contributed by atoms with Crippen molar-refractivity contribution in [3.8, 4) is 0 Å². The molecule has 0 spiro atoms. The molecule has 1 atom stereocenters. The van der Waals surface area contributed by atoms with Gasteiger partial charge in [-0.2, -0.15) is 0 Å². The fourth-order valence-electron chi connectivity index (χ4n) is 2.47. The smallest absolute Gasteiger partial charge is 0.410 e. The van der Waals surface area contributed by atoms with Crippen LogP contribution in [0.25, 0.3) is 0 Å². The molecule has 0 aromatic carbocycles. The molecule has 1 aromatic heterocycles. The molecule has 114 valence electrons. The van der Waals surface area contributed by atoms with Gasteiger partial charge in [0.05, 0.1) is 0 Å². The lowest BCUT2D eigenvalue weighted by molar-refractivity contribution is 0.0223. The van der Waals surface area contributed by atoms with Crippen LogP contribution in [-0.4, -0.2) is 39.9 Å². The van der Waals surface area contributed by atoms with Gasteiger partial charge in [0.2, 0.25) is 0 Å². The van der Waals surface area contributed by atoms with Crippen LogP contribution < -0.4 is 0 Å². The predicted molar refractivity (Wildman–Crippen MR) is 79.1 cm³/mol. The van der Waals surface area contributed by atoms with Crippen molar-refractivity contribution < 1.29 is 14.3 Å². The molecule has 0 bridgehead atoms. The number of hydrogen-bond acceptors (Lipinski definition) is 4. The third-order valence-electron chi connectivity index (χ3n) is 3.41. The van der Waals surface area contributed by atoms with Crippen LogP contribution in [0.15, 0.2) is 24.5 Å². The minimum Gasteiger partial charge on any atom is -0.444 e. The molecule has 0 aliphatic carbocycles. The van der Waals surface area contributed by atoms with Crippen molar-refractivity contribution in [2.24, 2.45) is 0 Å². The molecule has 2 rings (SSSR count). The lowest BCUT2D eigenvalue weighted by Gasteiger charge is -2.28. The number of ketones is 1. The summed E-state index contributed by atoms with van der Waals surface area (Å²) in [4.78, 5) is 30.0. The second-order valence-corrected chi connectivity index (χ2v) is 6.34. The van der Waals surface area contributed by atoms with Crippen molar-refractivity contribution >= 4 is 11.9 Å². The number of likely N-dealkylation sites (tertiary alicyclic amines) is 1. The quantitative estimate of drug-likeness (QED) is 0.803. The molecule has 0 saturated carbocycles. The average molecular weight is 290 g/mol. The van der Waals surface area contributed by atoms with E-state index in [0.29, 0.717) is 18.5 Å². The molecule has 5 nitrogen and oxygen atoms in total. The van der Waals surface area contributed by atoms with Crippen LogP contribution in [-0.2, 0) is 4.74 Å². The Morgan fingerprint density at radius 2 is 2.19 bits per heavy atom. The number of carbonyl (C=O) groups excluding carboxylic acids is 2. The fourth-order valence-corrected chi connectivity index (χ4v) is 2.47. The highest BCUT2D eigenvalue weighted by atomic mass is 16.6. The molecule has 1 saturated heterocycles. The largest absolute Gasteiger partial charge is 0.444 e. The lowest BCUT2D eigenvalue weighted by atomic mass is 10.0. The van der Waals surface area contributed by atoms with Crippen molar-refractivity contribution in [3.63, 3.8) is 0 Å². The van der Waals surface area contributed by atoms with Gasteiger partial charge in [-0.25, -0.2) is 4.79 Å². The number of carbonyl (C=O) groups is 2. The molecule has 5 heteroatoms. The van der Waals surface area contributed by atoms with Gasteiger partial charge in [-0.1, -0.05) is 0 Å². The molecule has 1 fully saturated rings. The molecule has 1 amide bonds. The van der Waals surface area contributed by atoms with E-state index < -0.39 is 5.60 Å². The first-order valence-corrected chi connectivity index (χ1v) is 7.29. The summed E-state index contributed by atoms with van der Waals surface area (Å²) in [6.07, 6.45) is 4.94. The second kappa shape index (κ2) is 6.24. The van der Waals surface area contributed by atoms with E-state index in [4.69, 9.17) is 4.74 Å². The Kier molecular flexibility index (Phi) is 4.60. The standard InChI is InChI=1S/C16H22N2O3/c1-16(2,3)21-15(20)18-9-5-7-13(18)10-14(19)12-6-4-8-17-11-12/h4,6,8,11,13H,5,7,9-10H2,1-3H3. The van der Waals surface area contributed by atoms with Gasteiger partial charge in [0, 0.05) is 37.0 Å². The van der Waals surface area contributed by atoms with E-state index in [-0.39, 0.29) is 17.9 Å². The molecule has 21 heavy (non-hydrogen) atoms. The third-order valence-corrected chi connectivity index (χ3v) is 3.41. The Bertz CT molecular complexity index is 508. The van der Waals surface area contributed by atoms with E-state index in [1.54, 1.807) is 29.4 Å². The van der Waals surface area contributed by atoms with Crippen molar-refractivity contribution in [1.29, 1.82) is 0 Å². The zero-order valence-corrected chi connectivity index (χ0v) is 12.8. The first-order valence-electron chi connectivity index (χ1n) is 7.29. The number of rotatable bonds is 3. The van der Waals surface area contributed by atoms with Gasteiger partial charge in [0.25, 0.3) is 0 Å². The van der Waals surface area contributed by atoms with E-state index in [9.17, 15) is 9.59 Å². The molecule has 0 N–H and O–H groups in total. The maximum absolute atomic E-state index is 12.2. The van der Waals surface area contributed by atoms with E-state index in [1.165, 1.54) is 0 Å². The number of Topliss-reactive ketones (excluding diaryl/α,β-unsaturated/α-hetero) is 1. The highest BCUT2D eigenvalue weighted by molar-refractivity contribution is 5.96. The Morgan fingerprint density at radius 3 is 2.81 bits per heavy atom. The van der Waals surface area contributed by atoms with Crippen molar-refractivity contribution in [1.82, 2.24) is 9.88 Å². The Morgan fingerprint density at radius 1 is 1.43 bits per heavy atom. The van der Waals surface area contributed by atoms with Gasteiger partial charge < -0.3 is 9.64 Å². The summed E-state index contributed by atoms with van der Waals surface area (Å²) in [6, 6.07) is 3.42. The number of aromatic nitrogens is 1. The number of ether oxygens (including phenoxy) is 1. The zero-order chi connectivity index (χ0) is 15.5. The summed E-state index contributed by atoms with van der Waals surface area (Å²) in [5.74, 6) is 0.0172. The minimum absolute atomic E-state index is 0.0172. The van der Waals surface area contributed by atoms with E-state index in [2.05, 4.69) is 4.98 Å². The van der Waals surface area contributed by atoms with Crippen LogP contribution in [0, 0.1) is 0 Å². The van der Waals surface area contributed by atoms with E-state index in [1.807, 2.05) is 20.8 Å². The van der Waals surface area contributed by atoms with Gasteiger partial charge in [0.15, 0.2) is 5.78 Å². The molecular formula is C16H22N2O3. The first-order chi connectivity index (χ1) is 9.87. The summed E-state index contributed by atoms with van der Waals surface area (Å²) < 4.78 is 5.40. The van der Waals surface area contributed by atoms with Crippen molar-refractivity contribution in [3.05, 3.63) is 30.1 Å². The third kappa shape index (κ3) is 4.28. The topological polar surface area (TPSA) is 59.5 Å². The highest BCUT2D eigenvalue weighted by Gasteiger charge is 2.33. The van der Waals surface area contributed by atoms with Crippen molar-refractivity contribution in [2.45, 2.75) is 51.7 Å². The second-order valence-electron chi connectivity index (χ2n) is 6.34. The van der Waals surface area contributed by atoms with Gasteiger partial charge in [-0.15, -0.1) is 0 Å². The van der Waals surface area contributed by atoms with Crippen LogP contribution in [0.5, 0.6) is 0 Å². The van der Waals surface area contributed by atoms with Crippen LogP contribution in [0.1, 0.15) is 50.4 Å². The summed E-state index contributed by atoms with van der Waals surface area (Å²) in [5.41, 5.74) is 0.0750. The Balaban J connectivity index is 1.99. The lowest BCUT2D eigenvalue weighted by Crippen LogP contribution is -2.40. The van der Waals surface area contributed by atoms with Crippen LogP contribution in [0.4, 0.5) is 4.79 Å². The van der Waals surface area contributed by atoms with Crippen molar-refractivity contribution in [2.75, 3.05) is 6.54 Å². The molecule has 1 aliphatic heterocycles. The zero-order valence-electron chi connectivity index (χ0n) is 12.8. The maximum atomic E-state index is 12.2. The van der Waals surface area contributed by atoms with E-state index in [0.717, 1.165) is 12.8 Å². The van der Waals surface area contributed by atoms with E-state index >= 15 is 0 Å². The molecular weight excluding hydrogens is 268 g/mol. The molecule has 1 aromatic rings. The summed E-state index contributed by atoms with van der Waals surface area (Å²) in [7, 11) is 0. The SMILES string of the molecule is CC(C)(C)OC(=O)N1CCCC1CC(=O)c1cccnc1. The summed E-state index contributed by atoms with van der Waals surface area (Å²) in [5, 5.41) is 0. The normalized spacial score (nSPS) is 18.6. The van der Waals surface area contributed by atoms with Crippen LogP contribution >= 0.6 is 0 Å². The number of nitrogens with zero attached hydrogens (tertiary/aromatic N) is 2. The van der Waals surface area contributed by atoms with Crippen LogP contribution in [0.2, 0.25) is 0 Å². The van der Waals surface area contributed by atoms with Gasteiger partial charge in [-0.3, -0.25) is 9.78 Å². The first kappa shape index (κ1) is 15.5. The maximum Gasteiger partial charge on any atom is 0.410 e. The molecule has 1 aliphatic rings. The Hall–Kier alpha value is -1.91. The highest BCUT2D eigenvalue weighted by Crippen LogP contribution is 2.24. The van der Waals surface area contributed by atoms with Crippen LogP contribution in [0.3, 0.4) is 0 Å². The monoisotopic (exact) mass is 290 g/mol. The molecule has 1 unspecified atom stereocenters. The fraction of sp³-hybridized carbons (Fsp3) is 0.562. The summed E-state index contributed by atoms with van der Waals surface area (Å²) >= 11 is 0. The molecule has 2 heterocycles. The number of pyridine rings is 1. The minimum atomic E-state index is -0.516. The number of hydrogen-bond donors (Lipinski definition) is 0. The van der Waals surface area contributed by atoms with Gasteiger partial charge in [-0.05, 0) is 45.7 Å². The van der Waals surface area contributed by atoms with Gasteiger partial charge in [0.1, 0.15) is 5.60 Å². The number of amides is 1. The van der Waals surface area contributed by atoms with Gasteiger partial charge >= 0.3 is 6.09 Å².